The molecule has 0 aromatic heterocycles. The lowest BCUT2D eigenvalue weighted by atomic mass is 10.1. The first kappa shape index (κ1) is 18.9. The van der Waals surface area contributed by atoms with Crippen molar-refractivity contribution >= 4 is 35.2 Å². The van der Waals surface area contributed by atoms with Gasteiger partial charge in [0, 0.05) is 29.7 Å². The van der Waals surface area contributed by atoms with Crippen LogP contribution in [0.5, 0.6) is 5.75 Å². The molecule has 0 radical (unpaired) electrons. The molecule has 0 aliphatic heterocycles. The van der Waals surface area contributed by atoms with E-state index in [0.717, 1.165) is 11.1 Å². The van der Waals surface area contributed by atoms with E-state index in [0.29, 0.717) is 22.4 Å². The molecule has 25 heavy (non-hydrogen) atoms. The van der Waals surface area contributed by atoms with Crippen molar-refractivity contribution in [1.82, 2.24) is 4.90 Å². The summed E-state index contributed by atoms with van der Waals surface area (Å²) in [6, 6.07) is 14.2. The predicted molar refractivity (Wildman–Crippen MR) is 99.5 cm³/mol. The van der Waals surface area contributed by atoms with Crippen LogP contribution >= 0.6 is 23.2 Å². The highest BCUT2D eigenvalue weighted by molar-refractivity contribution is 6.35. The molecule has 2 aromatic carbocycles. The average molecular weight is 375 g/mol. The molecule has 0 fully saturated rings. The van der Waals surface area contributed by atoms with Crippen molar-refractivity contribution in [2.24, 2.45) is 0 Å². The topological polar surface area (TPSA) is 53.3 Å². The Bertz CT molecular complexity index is 837. The van der Waals surface area contributed by atoms with Gasteiger partial charge in [-0.25, -0.2) is 0 Å². The first-order valence-electron chi connectivity index (χ1n) is 7.41. The Hall–Kier alpha value is -2.48. The van der Waals surface area contributed by atoms with E-state index < -0.39 is 0 Å². The van der Waals surface area contributed by atoms with E-state index in [9.17, 15) is 4.79 Å². The van der Waals surface area contributed by atoms with Gasteiger partial charge in [-0.05, 0) is 35.9 Å². The van der Waals surface area contributed by atoms with Gasteiger partial charge in [0.1, 0.15) is 24.0 Å². The maximum absolute atomic E-state index is 11.8. The molecule has 2 aromatic rings. The summed E-state index contributed by atoms with van der Waals surface area (Å²) in [6.45, 7) is 0.313. The number of halogens is 2. The zero-order valence-corrected chi connectivity index (χ0v) is 15.3. The van der Waals surface area contributed by atoms with E-state index in [1.807, 2.05) is 12.1 Å². The summed E-state index contributed by atoms with van der Waals surface area (Å²) in [5.41, 5.74) is 1.65. The highest BCUT2D eigenvalue weighted by Crippen LogP contribution is 2.23. The van der Waals surface area contributed by atoms with E-state index in [1.165, 1.54) is 4.90 Å². The van der Waals surface area contributed by atoms with Crippen molar-refractivity contribution in [3.63, 3.8) is 0 Å². The Morgan fingerprint density at radius 1 is 1.20 bits per heavy atom. The summed E-state index contributed by atoms with van der Waals surface area (Å²) in [7, 11) is 3.21. The summed E-state index contributed by atoms with van der Waals surface area (Å²) in [4.78, 5) is 13.2. The minimum Gasteiger partial charge on any atom is -0.489 e. The van der Waals surface area contributed by atoms with Crippen LogP contribution < -0.4 is 4.74 Å². The molecule has 4 nitrogen and oxygen atoms in total. The molecule has 0 bridgehead atoms. The lowest BCUT2D eigenvalue weighted by molar-refractivity contribution is -0.124. The third kappa shape index (κ3) is 5.25. The quantitative estimate of drug-likeness (QED) is 0.568. The molecular weight excluding hydrogens is 359 g/mol. The standard InChI is InChI=1S/C19H16Cl2N2O2/c1-23(2)19(24)15(11-22)9-13-3-7-17(8-4-13)25-12-14-5-6-16(20)10-18(14)21/h3-10H,12H2,1-2H3. The maximum Gasteiger partial charge on any atom is 0.264 e. The van der Waals surface area contributed by atoms with Crippen molar-refractivity contribution in [3.05, 3.63) is 69.2 Å². The normalized spacial score (nSPS) is 10.9. The number of nitriles is 1. The summed E-state index contributed by atoms with van der Waals surface area (Å²) < 4.78 is 5.70. The van der Waals surface area contributed by atoms with Crippen LogP contribution in [0.15, 0.2) is 48.0 Å². The van der Waals surface area contributed by atoms with E-state index in [1.54, 1.807) is 56.6 Å². The second-order valence-electron chi connectivity index (χ2n) is 5.46. The number of hydrogen-bond donors (Lipinski definition) is 0. The van der Waals surface area contributed by atoms with Crippen molar-refractivity contribution in [3.8, 4) is 11.8 Å². The number of ether oxygens (including phenoxy) is 1. The van der Waals surface area contributed by atoms with Crippen LogP contribution in [0.4, 0.5) is 0 Å². The SMILES string of the molecule is CN(C)C(=O)C(C#N)=Cc1ccc(OCc2ccc(Cl)cc2Cl)cc1. The van der Waals surface area contributed by atoms with Gasteiger partial charge in [-0.2, -0.15) is 5.26 Å². The number of nitrogens with zero attached hydrogens (tertiary/aromatic N) is 2. The molecule has 1 amide bonds. The van der Waals surface area contributed by atoms with E-state index in [4.69, 9.17) is 33.2 Å². The van der Waals surface area contributed by atoms with Gasteiger partial charge >= 0.3 is 0 Å². The van der Waals surface area contributed by atoms with Crippen molar-refractivity contribution in [1.29, 1.82) is 5.26 Å². The maximum atomic E-state index is 11.8. The minimum absolute atomic E-state index is 0.0756. The number of hydrogen-bond acceptors (Lipinski definition) is 3. The minimum atomic E-state index is -0.333. The molecule has 0 heterocycles. The molecule has 128 valence electrons. The van der Waals surface area contributed by atoms with Gasteiger partial charge in [-0.15, -0.1) is 0 Å². The van der Waals surface area contributed by atoms with Crippen LogP contribution in [0.25, 0.3) is 6.08 Å². The Morgan fingerprint density at radius 3 is 2.44 bits per heavy atom. The van der Waals surface area contributed by atoms with Crippen molar-refractivity contribution in [2.45, 2.75) is 6.61 Å². The third-order valence-electron chi connectivity index (χ3n) is 3.36. The molecule has 0 spiro atoms. The summed E-state index contributed by atoms with van der Waals surface area (Å²) in [6.07, 6.45) is 1.54. The van der Waals surface area contributed by atoms with Gasteiger partial charge < -0.3 is 9.64 Å². The molecule has 2 rings (SSSR count). The van der Waals surface area contributed by atoms with Crippen LogP contribution in [-0.4, -0.2) is 24.9 Å². The van der Waals surface area contributed by atoms with Crippen LogP contribution in [-0.2, 0) is 11.4 Å². The van der Waals surface area contributed by atoms with Gasteiger partial charge in [0.2, 0.25) is 0 Å². The second-order valence-corrected chi connectivity index (χ2v) is 6.31. The van der Waals surface area contributed by atoms with Gasteiger partial charge in [0.05, 0.1) is 0 Å². The molecule has 0 atom stereocenters. The third-order valence-corrected chi connectivity index (χ3v) is 3.94. The monoisotopic (exact) mass is 374 g/mol. The van der Waals surface area contributed by atoms with Gasteiger partial charge in [0.15, 0.2) is 0 Å². The van der Waals surface area contributed by atoms with Crippen LogP contribution in [0, 0.1) is 11.3 Å². The molecule has 0 saturated heterocycles. The van der Waals surface area contributed by atoms with Gasteiger partial charge in [-0.3, -0.25) is 4.79 Å². The fourth-order valence-electron chi connectivity index (χ4n) is 2.01. The van der Waals surface area contributed by atoms with Crippen LogP contribution in [0.3, 0.4) is 0 Å². The fourth-order valence-corrected chi connectivity index (χ4v) is 2.47. The zero-order valence-electron chi connectivity index (χ0n) is 13.8. The number of carbonyl (C=O) groups excluding carboxylic acids is 1. The van der Waals surface area contributed by atoms with Crippen LogP contribution in [0.1, 0.15) is 11.1 Å². The fraction of sp³-hybridized carbons (Fsp3) is 0.158. The molecule has 0 aliphatic carbocycles. The smallest absolute Gasteiger partial charge is 0.264 e. The van der Waals surface area contributed by atoms with Crippen molar-refractivity contribution in [2.75, 3.05) is 14.1 Å². The number of carbonyl (C=O) groups is 1. The molecule has 0 N–H and O–H groups in total. The summed E-state index contributed by atoms with van der Waals surface area (Å²) >= 11 is 12.0. The second kappa shape index (κ2) is 8.57. The highest BCUT2D eigenvalue weighted by Gasteiger charge is 2.10. The zero-order chi connectivity index (χ0) is 18.4. The first-order valence-corrected chi connectivity index (χ1v) is 8.16. The van der Waals surface area contributed by atoms with Crippen LogP contribution in [0.2, 0.25) is 10.0 Å². The Labute approximate surface area is 156 Å². The molecule has 6 heteroatoms. The number of rotatable bonds is 5. The number of benzene rings is 2. The molecular formula is C19H16Cl2N2O2. The Morgan fingerprint density at radius 2 is 1.88 bits per heavy atom. The summed E-state index contributed by atoms with van der Waals surface area (Å²) in [5.74, 6) is 0.320. The van der Waals surface area contributed by atoms with E-state index >= 15 is 0 Å². The molecule has 0 unspecified atom stereocenters. The Balaban J connectivity index is 2.07. The lowest BCUT2D eigenvalue weighted by Crippen LogP contribution is -2.22. The number of likely N-dealkylation sites (N-methyl/N-ethyl adjacent to an activating group) is 1. The Kier molecular flexibility index (Phi) is 6.46. The number of amides is 1. The predicted octanol–water partition coefficient (Wildman–Crippen LogP) is 4.57. The van der Waals surface area contributed by atoms with E-state index in [2.05, 4.69) is 0 Å². The average Bonchev–Trinajstić information content (AvgIpc) is 2.59. The summed E-state index contributed by atoms with van der Waals surface area (Å²) in [5, 5.41) is 10.2. The largest absolute Gasteiger partial charge is 0.489 e. The highest BCUT2D eigenvalue weighted by atomic mass is 35.5. The van der Waals surface area contributed by atoms with Crippen molar-refractivity contribution < 1.29 is 9.53 Å². The van der Waals surface area contributed by atoms with E-state index in [-0.39, 0.29) is 11.5 Å². The van der Waals surface area contributed by atoms with Gasteiger partial charge in [-0.1, -0.05) is 41.4 Å². The molecule has 0 aliphatic rings. The first-order chi connectivity index (χ1) is 11.9. The lowest BCUT2D eigenvalue weighted by Gasteiger charge is -2.09. The molecule has 0 saturated carbocycles. The van der Waals surface area contributed by atoms with Gasteiger partial charge in [0.25, 0.3) is 5.91 Å².